The molecule has 0 fully saturated rings. The van der Waals surface area contributed by atoms with Crippen LogP contribution in [0.2, 0.25) is 0 Å². The molecule has 0 aliphatic carbocycles. The highest BCUT2D eigenvalue weighted by Crippen LogP contribution is 2.33. The minimum absolute atomic E-state index is 0.0833. The molecular formula is C11H12F2N2O. The highest BCUT2D eigenvalue weighted by molar-refractivity contribution is 6.02. The molecular weight excluding hydrogens is 214 g/mol. The summed E-state index contributed by atoms with van der Waals surface area (Å²) in [6.45, 7) is 2.57. The van der Waals surface area contributed by atoms with Crippen molar-refractivity contribution in [1.29, 1.82) is 0 Å². The minimum atomic E-state index is -0.732. The number of benzene rings is 1. The average molecular weight is 226 g/mol. The molecule has 2 N–H and O–H groups in total. The smallest absolute Gasteiger partial charge is 0.246 e. The van der Waals surface area contributed by atoms with Crippen molar-refractivity contribution >= 4 is 11.6 Å². The number of carbonyl (C=O) groups excluding carboxylic acids is 1. The highest BCUT2D eigenvalue weighted by atomic mass is 19.1. The average Bonchev–Trinajstić information content (AvgIpc) is 2.53. The van der Waals surface area contributed by atoms with E-state index in [1.807, 2.05) is 6.92 Å². The number of hydrogen-bond acceptors (Lipinski definition) is 2. The number of hydrogen-bond donors (Lipinski definition) is 2. The van der Waals surface area contributed by atoms with Gasteiger partial charge in [-0.05, 0) is 19.0 Å². The van der Waals surface area contributed by atoms with Crippen molar-refractivity contribution in [3.63, 3.8) is 0 Å². The van der Waals surface area contributed by atoms with Gasteiger partial charge >= 0.3 is 0 Å². The Hall–Kier alpha value is -1.49. The monoisotopic (exact) mass is 226 g/mol. The number of amides is 1. The van der Waals surface area contributed by atoms with Crippen LogP contribution in [-0.4, -0.2) is 12.5 Å². The van der Waals surface area contributed by atoms with Crippen molar-refractivity contribution in [2.24, 2.45) is 0 Å². The zero-order chi connectivity index (χ0) is 11.7. The molecule has 1 aromatic carbocycles. The van der Waals surface area contributed by atoms with Crippen molar-refractivity contribution in [3.8, 4) is 0 Å². The summed E-state index contributed by atoms with van der Waals surface area (Å²) in [6.07, 6.45) is 0.844. The van der Waals surface area contributed by atoms with Gasteiger partial charge < -0.3 is 10.6 Å². The first kappa shape index (κ1) is 11.0. The molecule has 2 rings (SSSR count). The van der Waals surface area contributed by atoms with Crippen molar-refractivity contribution in [2.45, 2.75) is 19.4 Å². The first-order valence-corrected chi connectivity index (χ1v) is 5.16. The maximum atomic E-state index is 13.3. The molecule has 1 amide bonds. The molecule has 0 bridgehead atoms. The van der Waals surface area contributed by atoms with E-state index in [0.29, 0.717) is 12.1 Å². The van der Waals surface area contributed by atoms with Gasteiger partial charge in [-0.2, -0.15) is 0 Å². The van der Waals surface area contributed by atoms with Crippen LogP contribution in [0, 0.1) is 11.6 Å². The number of nitrogens with one attached hydrogen (secondary N) is 2. The predicted octanol–water partition coefficient (Wildman–Crippen LogP) is 1.96. The zero-order valence-corrected chi connectivity index (χ0v) is 8.81. The van der Waals surface area contributed by atoms with E-state index < -0.39 is 17.7 Å². The molecule has 1 heterocycles. The Labute approximate surface area is 91.8 Å². The van der Waals surface area contributed by atoms with Gasteiger partial charge in [0.1, 0.15) is 17.7 Å². The molecule has 1 aliphatic heterocycles. The molecule has 1 unspecified atom stereocenters. The Bertz CT molecular complexity index is 434. The third-order valence-electron chi connectivity index (χ3n) is 2.51. The highest BCUT2D eigenvalue weighted by Gasteiger charge is 2.32. The molecule has 0 saturated heterocycles. The van der Waals surface area contributed by atoms with Gasteiger partial charge in [-0.1, -0.05) is 6.92 Å². The summed E-state index contributed by atoms with van der Waals surface area (Å²) in [4.78, 5) is 11.5. The Kier molecular flexibility index (Phi) is 2.87. The van der Waals surface area contributed by atoms with E-state index in [4.69, 9.17) is 0 Å². The SMILES string of the molecule is CCCNC1C(=O)Nc2c(F)cc(F)cc21. The molecule has 3 nitrogen and oxygen atoms in total. The van der Waals surface area contributed by atoms with Crippen LogP contribution >= 0.6 is 0 Å². The first-order valence-electron chi connectivity index (χ1n) is 5.16. The summed E-state index contributed by atoms with van der Waals surface area (Å²) in [5, 5.41) is 5.36. The van der Waals surface area contributed by atoms with Crippen molar-refractivity contribution in [1.82, 2.24) is 5.32 Å². The fourth-order valence-electron chi connectivity index (χ4n) is 1.78. The molecule has 16 heavy (non-hydrogen) atoms. The van der Waals surface area contributed by atoms with Gasteiger partial charge in [0.15, 0.2) is 0 Å². The van der Waals surface area contributed by atoms with E-state index >= 15 is 0 Å². The van der Waals surface area contributed by atoms with Crippen LogP contribution < -0.4 is 10.6 Å². The molecule has 0 radical (unpaired) electrons. The number of carbonyl (C=O) groups is 1. The molecule has 1 aromatic rings. The van der Waals surface area contributed by atoms with Gasteiger partial charge in [0, 0.05) is 11.6 Å². The van der Waals surface area contributed by atoms with Gasteiger partial charge in [0.2, 0.25) is 5.91 Å². The summed E-state index contributed by atoms with van der Waals surface area (Å²) in [7, 11) is 0. The lowest BCUT2D eigenvalue weighted by molar-refractivity contribution is -0.117. The Morgan fingerprint density at radius 2 is 2.19 bits per heavy atom. The Morgan fingerprint density at radius 3 is 2.88 bits per heavy atom. The lowest BCUT2D eigenvalue weighted by Gasteiger charge is -2.10. The third kappa shape index (κ3) is 1.78. The molecule has 0 saturated carbocycles. The van der Waals surface area contributed by atoms with Gasteiger partial charge in [-0.3, -0.25) is 4.79 Å². The molecule has 1 atom stereocenters. The molecule has 5 heteroatoms. The zero-order valence-electron chi connectivity index (χ0n) is 8.81. The van der Waals surface area contributed by atoms with Crippen LogP contribution in [0.15, 0.2) is 12.1 Å². The van der Waals surface area contributed by atoms with E-state index in [-0.39, 0.29) is 11.6 Å². The third-order valence-corrected chi connectivity index (χ3v) is 2.51. The summed E-state index contributed by atoms with van der Waals surface area (Å²) in [5.41, 5.74) is 0.427. The van der Waals surface area contributed by atoms with Gasteiger partial charge in [-0.25, -0.2) is 8.78 Å². The molecule has 86 valence electrons. The molecule has 0 aromatic heterocycles. The van der Waals surface area contributed by atoms with Crippen LogP contribution in [0.4, 0.5) is 14.5 Å². The molecule has 0 spiro atoms. The first-order chi connectivity index (χ1) is 7.63. The number of fused-ring (bicyclic) bond motifs is 1. The van der Waals surface area contributed by atoms with Crippen LogP contribution in [0.3, 0.4) is 0 Å². The van der Waals surface area contributed by atoms with E-state index in [0.717, 1.165) is 12.5 Å². The van der Waals surface area contributed by atoms with Gasteiger partial charge in [0.25, 0.3) is 0 Å². The quantitative estimate of drug-likeness (QED) is 0.827. The maximum Gasteiger partial charge on any atom is 0.246 e. The van der Waals surface area contributed by atoms with Crippen LogP contribution in [0.5, 0.6) is 0 Å². The number of halogens is 2. The number of rotatable bonds is 3. The van der Waals surface area contributed by atoms with E-state index in [1.165, 1.54) is 6.07 Å². The lowest BCUT2D eigenvalue weighted by atomic mass is 10.1. The normalized spacial score (nSPS) is 18.4. The Morgan fingerprint density at radius 1 is 1.44 bits per heavy atom. The van der Waals surface area contributed by atoms with Crippen molar-refractivity contribution in [2.75, 3.05) is 11.9 Å². The summed E-state index contributed by atoms with van der Waals surface area (Å²) < 4.78 is 26.4. The summed E-state index contributed by atoms with van der Waals surface area (Å²) in [5.74, 6) is -1.74. The second kappa shape index (κ2) is 4.17. The van der Waals surface area contributed by atoms with E-state index in [1.54, 1.807) is 0 Å². The summed E-state index contributed by atoms with van der Waals surface area (Å²) >= 11 is 0. The van der Waals surface area contributed by atoms with Crippen molar-refractivity contribution in [3.05, 3.63) is 29.3 Å². The van der Waals surface area contributed by atoms with Crippen LogP contribution in [-0.2, 0) is 4.79 Å². The standard InChI is InChI=1S/C11H12F2N2O/c1-2-3-14-10-7-4-6(12)5-8(13)9(7)15-11(10)16/h4-5,10,14H,2-3H2,1H3,(H,15,16). The predicted molar refractivity (Wildman–Crippen MR) is 56.0 cm³/mol. The topological polar surface area (TPSA) is 41.1 Å². The van der Waals surface area contributed by atoms with E-state index in [2.05, 4.69) is 10.6 Å². The van der Waals surface area contributed by atoms with Gasteiger partial charge in [0.05, 0.1) is 5.69 Å². The second-order valence-electron chi connectivity index (χ2n) is 3.73. The lowest BCUT2D eigenvalue weighted by Crippen LogP contribution is -2.28. The van der Waals surface area contributed by atoms with Crippen LogP contribution in [0.1, 0.15) is 24.9 Å². The second-order valence-corrected chi connectivity index (χ2v) is 3.73. The summed E-state index contributed by atoms with van der Waals surface area (Å²) in [6, 6.07) is 1.30. The fraction of sp³-hybridized carbons (Fsp3) is 0.364. The fourth-order valence-corrected chi connectivity index (χ4v) is 1.78. The maximum absolute atomic E-state index is 13.3. The largest absolute Gasteiger partial charge is 0.322 e. The van der Waals surface area contributed by atoms with Crippen molar-refractivity contribution < 1.29 is 13.6 Å². The minimum Gasteiger partial charge on any atom is -0.322 e. The van der Waals surface area contributed by atoms with E-state index in [9.17, 15) is 13.6 Å². The number of anilines is 1. The van der Waals surface area contributed by atoms with Crippen LogP contribution in [0.25, 0.3) is 0 Å². The van der Waals surface area contributed by atoms with Gasteiger partial charge in [-0.15, -0.1) is 0 Å². The molecule has 1 aliphatic rings. The Balaban J connectivity index is 2.36.